The van der Waals surface area contributed by atoms with Crippen LogP contribution in [0.15, 0.2) is 21.5 Å². The Morgan fingerprint density at radius 3 is 2.55 bits per heavy atom. The van der Waals surface area contributed by atoms with Gasteiger partial charge in [0.15, 0.2) is 0 Å². The second kappa shape index (κ2) is 5.42. The molecular weight excluding hydrogens is 351 g/mol. The van der Waals surface area contributed by atoms with Crippen LogP contribution < -0.4 is 10.5 Å². The smallest absolute Gasteiger partial charge is 0.251 e. The maximum absolute atomic E-state index is 13.7. The number of amides is 1. The van der Waals surface area contributed by atoms with Crippen molar-refractivity contribution in [1.82, 2.24) is 5.32 Å². The van der Waals surface area contributed by atoms with Gasteiger partial charge in [0.1, 0.15) is 5.82 Å². The Labute approximate surface area is 124 Å². The number of halogens is 2. The number of benzene rings is 1. The lowest BCUT2D eigenvalue weighted by Gasteiger charge is -2.33. The van der Waals surface area contributed by atoms with Gasteiger partial charge in [0.05, 0.1) is 9.37 Å². The number of carbonyl (C=O) groups is 1. The highest BCUT2D eigenvalue weighted by Gasteiger charge is 2.28. The molecule has 0 radical (unpaired) electrons. The molecule has 1 aliphatic rings. The third-order valence-corrected chi connectivity index (χ3v) is 5.28. The van der Waals surface area contributed by atoms with Crippen LogP contribution in [0.1, 0.15) is 30.1 Å². The van der Waals surface area contributed by atoms with Gasteiger partial charge in [-0.15, -0.1) is 0 Å². The van der Waals surface area contributed by atoms with Gasteiger partial charge in [-0.3, -0.25) is 4.79 Å². The van der Waals surface area contributed by atoms with E-state index in [0.29, 0.717) is 5.92 Å². The van der Waals surface area contributed by atoms with Crippen LogP contribution in [0, 0.1) is 11.7 Å². The Hall–Kier alpha value is -0.990. The minimum Gasteiger partial charge on any atom is -0.349 e. The first-order valence-electron chi connectivity index (χ1n) is 6.01. The lowest BCUT2D eigenvalue weighted by atomic mass is 9.82. The van der Waals surface area contributed by atoms with Crippen LogP contribution in [0.3, 0.4) is 0 Å². The van der Waals surface area contributed by atoms with E-state index in [1.165, 1.54) is 0 Å². The van der Waals surface area contributed by atoms with Crippen LogP contribution in [0.25, 0.3) is 0 Å². The highest BCUT2D eigenvalue weighted by molar-refractivity contribution is 9.10. The Morgan fingerprint density at radius 2 is 2.05 bits per heavy atom. The van der Waals surface area contributed by atoms with Crippen molar-refractivity contribution in [3.63, 3.8) is 0 Å². The van der Waals surface area contributed by atoms with E-state index in [2.05, 4.69) is 28.2 Å². The van der Waals surface area contributed by atoms with Crippen molar-refractivity contribution >= 4 is 31.9 Å². The van der Waals surface area contributed by atoms with Crippen molar-refractivity contribution in [2.45, 2.75) is 30.7 Å². The molecule has 2 rings (SSSR count). The molecular formula is C12H14BrFN2O3S. The van der Waals surface area contributed by atoms with Crippen LogP contribution in [0.2, 0.25) is 0 Å². The van der Waals surface area contributed by atoms with Crippen molar-refractivity contribution in [3.05, 3.63) is 28.0 Å². The second-order valence-electron chi connectivity index (χ2n) is 5.06. The summed E-state index contributed by atoms with van der Waals surface area (Å²) in [6.07, 6.45) is 1.74. The number of sulfonamides is 1. The highest BCUT2D eigenvalue weighted by Crippen LogP contribution is 2.28. The molecule has 0 atom stereocenters. The molecule has 0 aliphatic heterocycles. The number of rotatable bonds is 3. The summed E-state index contributed by atoms with van der Waals surface area (Å²) in [5.41, 5.74) is -0.0609. The molecule has 110 valence electrons. The second-order valence-corrected chi connectivity index (χ2v) is 7.39. The van der Waals surface area contributed by atoms with Gasteiger partial charge in [-0.05, 0) is 46.8 Å². The maximum atomic E-state index is 13.7. The van der Waals surface area contributed by atoms with Gasteiger partial charge >= 0.3 is 0 Å². The molecule has 0 bridgehead atoms. The van der Waals surface area contributed by atoms with Crippen molar-refractivity contribution in [2.75, 3.05) is 0 Å². The molecule has 8 heteroatoms. The van der Waals surface area contributed by atoms with Gasteiger partial charge in [-0.25, -0.2) is 17.9 Å². The van der Waals surface area contributed by atoms with Gasteiger partial charge < -0.3 is 5.32 Å². The summed E-state index contributed by atoms with van der Waals surface area (Å²) in [7, 11) is -4.11. The molecule has 1 amide bonds. The molecule has 1 aliphatic carbocycles. The number of carbonyl (C=O) groups excluding carboxylic acids is 1. The molecule has 0 spiro atoms. The lowest BCUT2D eigenvalue weighted by molar-refractivity contribution is 0.0895. The molecule has 1 aromatic carbocycles. The molecule has 0 unspecified atom stereocenters. The van der Waals surface area contributed by atoms with Crippen LogP contribution in [0.5, 0.6) is 0 Å². The molecule has 0 aromatic heterocycles. The molecule has 3 N–H and O–H groups in total. The molecule has 1 saturated carbocycles. The first-order chi connectivity index (χ1) is 9.18. The van der Waals surface area contributed by atoms with E-state index in [1.807, 2.05) is 0 Å². The van der Waals surface area contributed by atoms with Gasteiger partial charge in [-0.1, -0.05) is 6.92 Å². The zero-order valence-corrected chi connectivity index (χ0v) is 13.1. The summed E-state index contributed by atoms with van der Waals surface area (Å²) < 4.78 is 36.1. The highest BCUT2D eigenvalue weighted by atomic mass is 79.9. The number of primary sulfonamides is 1. The standard InChI is InChI=1S/C12H14BrFN2O3S/c1-6-2-8(3-6)16-12(17)7-4-9(14)11(13)10(5-7)20(15,18)19/h4-6,8H,2-3H2,1H3,(H,16,17)(H2,15,18,19). The fourth-order valence-corrected chi connectivity index (χ4v) is 3.74. The van der Waals surface area contributed by atoms with Crippen LogP contribution in [0.4, 0.5) is 4.39 Å². The van der Waals surface area contributed by atoms with E-state index >= 15 is 0 Å². The van der Waals surface area contributed by atoms with Gasteiger partial charge in [0.2, 0.25) is 10.0 Å². The summed E-state index contributed by atoms with van der Waals surface area (Å²) in [5.74, 6) is -0.788. The summed E-state index contributed by atoms with van der Waals surface area (Å²) in [5, 5.41) is 7.73. The lowest BCUT2D eigenvalue weighted by Crippen LogP contribution is -2.43. The first kappa shape index (κ1) is 15.4. The molecule has 1 aromatic rings. The monoisotopic (exact) mass is 364 g/mol. The van der Waals surface area contributed by atoms with Crippen molar-refractivity contribution in [1.29, 1.82) is 0 Å². The first-order valence-corrected chi connectivity index (χ1v) is 8.35. The average molecular weight is 365 g/mol. The molecule has 0 heterocycles. The number of nitrogens with two attached hydrogens (primary N) is 1. The zero-order valence-electron chi connectivity index (χ0n) is 10.7. The Morgan fingerprint density at radius 1 is 1.45 bits per heavy atom. The van der Waals surface area contributed by atoms with E-state index in [-0.39, 0.29) is 16.1 Å². The molecule has 20 heavy (non-hydrogen) atoms. The van der Waals surface area contributed by atoms with E-state index in [1.54, 1.807) is 0 Å². The minimum absolute atomic E-state index is 0.0575. The van der Waals surface area contributed by atoms with E-state index < -0.39 is 26.6 Å². The predicted octanol–water partition coefficient (Wildman–Crippen LogP) is 1.76. The fourth-order valence-electron chi connectivity index (χ4n) is 2.19. The zero-order chi connectivity index (χ0) is 15.1. The molecule has 0 saturated heterocycles. The molecule has 1 fully saturated rings. The third kappa shape index (κ3) is 3.18. The number of hydrogen-bond acceptors (Lipinski definition) is 3. The predicted molar refractivity (Wildman–Crippen MR) is 75.1 cm³/mol. The van der Waals surface area contributed by atoms with Crippen molar-refractivity contribution in [2.24, 2.45) is 11.1 Å². The van der Waals surface area contributed by atoms with Gasteiger partial charge in [-0.2, -0.15) is 0 Å². The quantitative estimate of drug-likeness (QED) is 0.856. The van der Waals surface area contributed by atoms with Crippen LogP contribution >= 0.6 is 15.9 Å². The van der Waals surface area contributed by atoms with E-state index in [0.717, 1.165) is 25.0 Å². The van der Waals surface area contributed by atoms with Gasteiger partial charge in [0, 0.05) is 11.6 Å². The summed E-state index contributed by atoms with van der Waals surface area (Å²) >= 11 is 2.82. The van der Waals surface area contributed by atoms with E-state index in [4.69, 9.17) is 5.14 Å². The maximum Gasteiger partial charge on any atom is 0.251 e. The Balaban J connectivity index is 2.28. The Bertz CT molecular complexity index is 657. The van der Waals surface area contributed by atoms with Gasteiger partial charge in [0.25, 0.3) is 5.91 Å². The molecule has 5 nitrogen and oxygen atoms in total. The number of nitrogens with one attached hydrogen (secondary N) is 1. The summed E-state index contributed by atoms with van der Waals surface area (Å²) in [6.45, 7) is 2.07. The SMILES string of the molecule is CC1CC(NC(=O)c2cc(F)c(Br)c(S(N)(=O)=O)c2)C1. The number of hydrogen-bond donors (Lipinski definition) is 2. The largest absolute Gasteiger partial charge is 0.349 e. The van der Waals surface area contributed by atoms with Crippen LogP contribution in [-0.4, -0.2) is 20.4 Å². The topological polar surface area (TPSA) is 89.3 Å². The fraction of sp³-hybridized carbons (Fsp3) is 0.417. The normalized spacial score (nSPS) is 22.2. The van der Waals surface area contributed by atoms with Crippen molar-refractivity contribution in [3.8, 4) is 0 Å². The summed E-state index contributed by atoms with van der Waals surface area (Å²) in [4.78, 5) is 11.5. The average Bonchev–Trinajstić information content (AvgIpc) is 2.28. The van der Waals surface area contributed by atoms with Crippen LogP contribution in [-0.2, 0) is 10.0 Å². The summed E-state index contributed by atoms with van der Waals surface area (Å²) in [6, 6.07) is 2.11. The van der Waals surface area contributed by atoms with E-state index in [9.17, 15) is 17.6 Å². The van der Waals surface area contributed by atoms with Crippen molar-refractivity contribution < 1.29 is 17.6 Å². The third-order valence-electron chi connectivity index (χ3n) is 3.27. The Kier molecular flexibility index (Phi) is 4.17. The minimum atomic E-state index is -4.11.